The van der Waals surface area contributed by atoms with Gasteiger partial charge in [0.05, 0.1) is 17.7 Å². The summed E-state index contributed by atoms with van der Waals surface area (Å²) in [7, 11) is 1.57. The van der Waals surface area contributed by atoms with Crippen LogP contribution in [-0.2, 0) is 0 Å². The summed E-state index contributed by atoms with van der Waals surface area (Å²) in [4.78, 5) is 12.4. The second-order valence-electron chi connectivity index (χ2n) is 7.61. The Morgan fingerprint density at radius 3 is 3.00 bits per heavy atom. The van der Waals surface area contributed by atoms with Gasteiger partial charge >= 0.3 is 0 Å². The van der Waals surface area contributed by atoms with Gasteiger partial charge in [-0.3, -0.25) is 4.79 Å². The summed E-state index contributed by atoms with van der Waals surface area (Å²) >= 11 is 6.21. The highest BCUT2D eigenvalue weighted by molar-refractivity contribution is 6.33. The topological polar surface area (TPSA) is 84.6 Å². The van der Waals surface area contributed by atoms with Crippen molar-refractivity contribution in [2.75, 3.05) is 13.7 Å². The molecule has 0 aliphatic heterocycles. The number of aliphatic hydroxyl groups is 1. The Morgan fingerprint density at radius 2 is 2.30 bits per heavy atom. The normalized spacial score (nSPS) is 26.3. The molecule has 2 aliphatic rings. The average molecular weight is 391 g/mol. The van der Waals surface area contributed by atoms with Gasteiger partial charge in [-0.15, -0.1) is 0 Å². The molecule has 7 heteroatoms. The summed E-state index contributed by atoms with van der Waals surface area (Å²) in [5, 5.41) is 18.0. The Kier molecular flexibility index (Phi) is 4.86. The van der Waals surface area contributed by atoms with Gasteiger partial charge in [0.1, 0.15) is 11.4 Å². The van der Waals surface area contributed by atoms with Gasteiger partial charge in [-0.2, -0.15) is 0 Å². The molecule has 0 saturated heterocycles. The molecule has 1 aromatic heterocycles. The molecule has 27 heavy (non-hydrogen) atoms. The summed E-state index contributed by atoms with van der Waals surface area (Å²) in [6, 6.07) is 6.76. The van der Waals surface area contributed by atoms with Crippen LogP contribution >= 0.6 is 11.6 Å². The van der Waals surface area contributed by atoms with Crippen LogP contribution in [0.1, 0.15) is 42.7 Å². The molecule has 6 nitrogen and oxygen atoms in total. The molecule has 3 unspecified atom stereocenters. The number of halogens is 1. The maximum absolute atomic E-state index is 12.4. The van der Waals surface area contributed by atoms with Gasteiger partial charge in [-0.05, 0) is 62.1 Å². The second kappa shape index (κ2) is 7.17. The predicted octanol–water partition coefficient (Wildman–Crippen LogP) is 3.67. The Morgan fingerprint density at radius 1 is 1.44 bits per heavy atom. The van der Waals surface area contributed by atoms with Gasteiger partial charge in [-0.1, -0.05) is 16.8 Å². The van der Waals surface area contributed by atoms with Crippen LogP contribution in [0.5, 0.6) is 5.75 Å². The lowest BCUT2D eigenvalue weighted by atomic mass is 9.82. The molecule has 3 atom stereocenters. The SMILES string of the molecule is COc1ccc(Cl)c(-c2cc(C(=O)NCCC3(O)CC4CCC3C4)on2)c1. The molecule has 144 valence electrons. The monoisotopic (exact) mass is 390 g/mol. The van der Waals surface area contributed by atoms with Gasteiger partial charge in [0.25, 0.3) is 5.91 Å². The maximum atomic E-state index is 12.4. The molecule has 2 bridgehead atoms. The van der Waals surface area contributed by atoms with E-state index < -0.39 is 5.60 Å². The lowest BCUT2D eigenvalue weighted by molar-refractivity contribution is -0.0196. The first-order valence-corrected chi connectivity index (χ1v) is 9.67. The molecule has 4 rings (SSSR count). The number of fused-ring (bicyclic) bond motifs is 2. The number of nitrogens with one attached hydrogen (secondary N) is 1. The number of carbonyl (C=O) groups is 1. The van der Waals surface area contributed by atoms with Crippen molar-refractivity contribution in [3.05, 3.63) is 35.0 Å². The number of hydrogen-bond donors (Lipinski definition) is 2. The Hall–Kier alpha value is -2.05. The van der Waals surface area contributed by atoms with Crippen molar-refractivity contribution in [1.29, 1.82) is 0 Å². The number of benzene rings is 1. The first-order chi connectivity index (χ1) is 13.0. The molecule has 1 heterocycles. The highest BCUT2D eigenvalue weighted by Gasteiger charge is 2.49. The fourth-order valence-corrected chi connectivity index (χ4v) is 4.75. The van der Waals surface area contributed by atoms with Crippen molar-refractivity contribution in [3.63, 3.8) is 0 Å². The van der Waals surface area contributed by atoms with Crippen molar-refractivity contribution in [1.82, 2.24) is 10.5 Å². The third-order valence-corrected chi connectivity index (χ3v) is 6.30. The van der Waals surface area contributed by atoms with Gasteiger partial charge in [0.15, 0.2) is 0 Å². The zero-order chi connectivity index (χ0) is 19.0. The number of aromatic nitrogens is 1. The number of methoxy groups -OCH3 is 1. The summed E-state index contributed by atoms with van der Waals surface area (Å²) in [6.45, 7) is 0.411. The first-order valence-electron chi connectivity index (χ1n) is 9.30. The highest BCUT2D eigenvalue weighted by Crippen LogP contribution is 2.51. The Balaban J connectivity index is 1.38. The first kappa shape index (κ1) is 18.3. The zero-order valence-corrected chi connectivity index (χ0v) is 16.0. The fraction of sp³-hybridized carbons (Fsp3) is 0.500. The van der Waals surface area contributed by atoms with E-state index in [-0.39, 0.29) is 11.7 Å². The highest BCUT2D eigenvalue weighted by atomic mass is 35.5. The zero-order valence-electron chi connectivity index (χ0n) is 15.2. The molecule has 0 radical (unpaired) electrons. The lowest BCUT2D eigenvalue weighted by Gasteiger charge is -2.32. The molecule has 2 fully saturated rings. The van der Waals surface area contributed by atoms with E-state index in [9.17, 15) is 9.90 Å². The maximum Gasteiger partial charge on any atom is 0.289 e. The number of nitrogens with zero attached hydrogens (tertiary/aromatic N) is 1. The van der Waals surface area contributed by atoms with Gasteiger partial charge < -0.3 is 19.7 Å². The van der Waals surface area contributed by atoms with Crippen LogP contribution in [0.3, 0.4) is 0 Å². The molecule has 2 N–H and O–H groups in total. The van der Waals surface area contributed by atoms with Crippen molar-refractivity contribution < 1.29 is 19.2 Å². The van der Waals surface area contributed by atoms with Crippen LogP contribution in [0.25, 0.3) is 11.3 Å². The average Bonchev–Trinajstić information content (AvgIpc) is 3.37. The number of rotatable bonds is 6. The third-order valence-electron chi connectivity index (χ3n) is 5.97. The van der Waals surface area contributed by atoms with E-state index in [1.807, 2.05) is 0 Å². The largest absolute Gasteiger partial charge is 0.497 e. The Labute approximate surface area is 162 Å². The van der Waals surface area contributed by atoms with Crippen LogP contribution in [0, 0.1) is 11.8 Å². The minimum absolute atomic E-state index is 0.115. The van der Waals surface area contributed by atoms with Crippen LogP contribution in [0.2, 0.25) is 5.02 Å². The third kappa shape index (κ3) is 3.56. The molecule has 1 amide bonds. The summed E-state index contributed by atoms with van der Waals surface area (Å²) < 4.78 is 10.4. The van der Waals surface area contributed by atoms with E-state index in [2.05, 4.69) is 10.5 Å². The van der Waals surface area contributed by atoms with Crippen molar-refractivity contribution >= 4 is 17.5 Å². The van der Waals surface area contributed by atoms with Crippen molar-refractivity contribution in [3.8, 4) is 17.0 Å². The minimum Gasteiger partial charge on any atom is -0.497 e. The quantitative estimate of drug-likeness (QED) is 0.786. The summed E-state index contributed by atoms with van der Waals surface area (Å²) in [5.74, 6) is 1.44. The minimum atomic E-state index is -0.628. The van der Waals surface area contributed by atoms with Crippen LogP contribution < -0.4 is 10.1 Å². The van der Waals surface area contributed by atoms with Crippen LogP contribution in [-0.4, -0.2) is 35.4 Å². The van der Waals surface area contributed by atoms with E-state index in [0.29, 0.717) is 46.8 Å². The molecular formula is C20H23ClN2O4. The second-order valence-corrected chi connectivity index (χ2v) is 8.02. The van der Waals surface area contributed by atoms with Crippen molar-refractivity contribution in [2.45, 2.75) is 37.7 Å². The molecule has 2 saturated carbocycles. The standard InChI is InChI=1S/C20H23ClN2O4/c1-26-14-4-5-16(21)15(9-14)17-10-18(27-23-17)19(24)22-7-6-20(25)11-12-2-3-13(20)8-12/h4-5,9-10,12-13,25H,2-3,6-8,11H2,1H3,(H,22,24). The van der Waals surface area contributed by atoms with Crippen LogP contribution in [0.15, 0.2) is 28.8 Å². The van der Waals surface area contributed by atoms with Gasteiger partial charge in [0.2, 0.25) is 5.76 Å². The summed E-state index contributed by atoms with van der Waals surface area (Å²) in [6.07, 6.45) is 4.88. The van der Waals surface area contributed by atoms with Crippen molar-refractivity contribution in [2.24, 2.45) is 11.8 Å². The lowest BCUT2D eigenvalue weighted by Crippen LogP contribution is -2.39. The number of carbonyl (C=O) groups excluding carboxylic acids is 1. The molecular weight excluding hydrogens is 368 g/mol. The molecule has 2 aromatic rings. The van der Waals surface area contributed by atoms with E-state index in [1.54, 1.807) is 31.4 Å². The van der Waals surface area contributed by atoms with Crippen LogP contribution in [0.4, 0.5) is 0 Å². The smallest absolute Gasteiger partial charge is 0.289 e. The van der Waals surface area contributed by atoms with E-state index in [4.69, 9.17) is 20.9 Å². The van der Waals surface area contributed by atoms with E-state index in [0.717, 1.165) is 19.3 Å². The Bertz CT molecular complexity index is 852. The van der Waals surface area contributed by atoms with Gasteiger partial charge in [0, 0.05) is 18.2 Å². The predicted molar refractivity (Wildman–Crippen MR) is 101 cm³/mol. The number of ether oxygens (including phenoxy) is 1. The number of amides is 1. The van der Waals surface area contributed by atoms with E-state index >= 15 is 0 Å². The molecule has 2 aliphatic carbocycles. The number of hydrogen-bond acceptors (Lipinski definition) is 5. The fourth-order valence-electron chi connectivity index (χ4n) is 4.54. The summed E-state index contributed by atoms with van der Waals surface area (Å²) in [5.41, 5.74) is 0.475. The van der Waals surface area contributed by atoms with E-state index in [1.165, 1.54) is 6.42 Å². The molecule has 0 spiro atoms. The van der Waals surface area contributed by atoms with Gasteiger partial charge in [-0.25, -0.2) is 0 Å². The molecule has 1 aromatic carbocycles.